The van der Waals surface area contributed by atoms with E-state index in [2.05, 4.69) is 20.2 Å². The Morgan fingerprint density at radius 1 is 1.12 bits per heavy atom. The standard InChI is InChI=1S/C25H30N6O2/c1-30(20-6-8-21(33-2)9-7-20)14-12-25(32)31-15-10-19(11-16-31)22-17-26-18-24(28-22)29-23-5-3-4-13-27-23/h3-9,13,17-19H,10-12,14-16H2,1-2H3,(H,27,28,29). The number of hydrogen-bond donors (Lipinski definition) is 1. The zero-order valence-corrected chi connectivity index (χ0v) is 19.1. The van der Waals surface area contributed by atoms with E-state index in [1.54, 1.807) is 19.5 Å². The molecule has 33 heavy (non-hydrogen) atoms. The molecule has 2 aromatic heterocycles. The third-order valence-corrected chi connectivity index (χ3v) is 6.01. The first kappa shape index (κ1) is 22.5. The number of aromatic nitrogens is 3. The van der Waals surface area contributed by atoms with Crippen LogP contribution in [0.3, 0.4) is 0 Å². The van der Waals surface area contributed by atoms with Crippen molar-refractivity contribution < 1.29 is 9.53 Å². The van der Waals surface area contributed by atoms with Crippen molar-refractivity contribution in [3.8, 4) is 5.75 Å². The highest BCUT2D eigenvalue weighted by Crippen LogP contribution is 2.28. The van der Waals surface area contributed by atoms with Crippen LogP contribution in [0, 0.1) is 0 Å². The smallest absolute Gasteiger partial charge is 0.224 e. The number of likely N-dealkylation sites (tertiary alicyclic amines) is 1. The summed E-state index contributed by atoms with van der Waals surface area (Å²) in [4.78, 5) is 30.2. The zero-order valence-electron chi connectivity index (χ0n) is 19.1. The van der Waals surface area contributed by atoms with E-state index in [1.807, 2.05) is 60.6 Å². The molecule has 1 fully saturated rings. The number of benzene rings is 1. The highest BCUT2D eigenvalue weighted by atomic mass is 16.5. The second kappa shape index (κ2) is 10.8. The number of carbonyl (C=O) groups is 1. The Morgan fingerprint density at radius 2 is 1.91 bits per heavy atom. The lowest BCUT2D eigenvalue weighted by Crippen LogP contribution is -2.39. The van der Waals surface area contributed by atoms with Crippen molar-refractivity contribution >= 4 is 23.2 Å². The van der Waals surface area contributed by atoms with Gasteiger partial charge in [0.1, 0.15) is 17.4 Å². The van der Waals surface area contributed by atoms with Crippen molar-refractivity contribution in [2.24, 2.45) is 0 Å². The quantitative estimate of drug-likeness (QED) is 0.563. The first-order valence-electron chi connectivity index (χ1n) is 11.3. The Morgan fingerprint density at radius 3 is 2.61 bits per heavy atom. The number of pyridine rings is 1. The van der Waals surface area contributed by atoms with E-state index >= 15 is 0 Å². The number of hydrogen-bond acceptors (Lipinski definition) is 7. The average Bonchev–Trinajstić information content (AvgIpc) is 2.88. The van der Waals surface area contributed by atoms with Crippen LogP contribution >= 0.6 is 0 Å². The molecular formula is C25H30N6O2. The summed E-state index contributed by atoms with van der Waals surface area (Å²) in [6.07, 6.45) is 7.55. The first-order valence-corrected chi connectivity index (χ1v) is 11.3. The number of anilines is 3. The van der Waals surface area contributed by atoms with Gasteiger partial charge in [-0.05, 0) is 49.2 Å². The van der Waals surface area contributed by atoms with Crippen LogP contribution in [0.2, 0.25) is 0 Å². The number of rotatable bonds is 8. The fourth-order valence-corrected chi connectivity index (χ4v) is 4.02. The van der Waals surface area contributed by atoms with Crippen LogP contribution in [-0.2, 0) is 4.79 Å². The second-order valence-corrected chi connectivity index (χ2v) is 8.19. The Bertz CT molecular complexity index is 1040. The molecule has 1 aromatic carbocycles. The Kier molecular flexibility index (Phi) is 7.34. The molecule has 0 radical (unpaired) electrons. The molecule has 1 N–H and O–H groups in total. The minimum absolute atomic E-state index is 0.200. The molecule has 1 amide bonds. The van der Waals surface area contributed by atoms with Crippen molar-refractivity contribution in [1.29, 1.82) is 0 Å². The van der Waals surface area contributed by atoms with Gasteiger partial charge in [-0.2, -0.15) is 0 Å². The largest absolute Gasteiger partial charge is 0.497 e. The fourth-order valence-electron chi connectivity index (χ4n) is 4.02. The van der Waals surface area contributed by atoms with Gasteiger partial charge < -0.3 is 19.9 Å². The fraction of sp³-hybridized carbons (Fsp3) is 0.360. The summed E-state index contributed by atoms with van der Waals surface area (Å²) in [7, 11) is 3.66. The number of nitrogens with one attached hydrogen (secondary N) is 1. The number of ether oxygens (including phenoxy) is 1. The van der Waals surface area contributed by atoms with E-state index in [4.69, 9.17) is 9.72 Å². The Labute approximate surface area is 194 Å². The van der Waals surface area contributed by atoms with Gasteiger partial charge in [-0.3, -0.25) is 9.78 Å². The summed E-state index contributed by atoms with van der Waals surface area (Å²) < 4.78 is 5.21. The van der Waals surface area contributed by atoms with Crippen LogP contribution in [0.4, 0.5) is 17.3 Å². The van der Waals surface area contributed by atoms with Gasteiger partial charge in [0.2, 0.25) is 5.91 Å². The molecule has 8 nitrogen and oxygen atoms in total. The highest BCUT2D eigenvalue weighted by Gasteiger charge is 2.25. The van der Waals surface area contributed by atoms with Crippen LogP contribution in [0.1, 0.15) is 30.9 Å². The second-order valence-electron chi connectivity index (χ2n) is 8.19. The van der Waals surface area contributed by atoms with E-state index in [9.17, 15) is 4.79 Å². The molecule has 0 spiro atoms. The summed E-state index contributed by atoms with van der Waals surface area (Å²) in [6.45, 7) is 2.17. The monoisotopic (exact) mass is 446 g/mol. The molecule has 172 valence electrons. The van der Waals surface area contributed by atoms with Crippen molar-refractivity contribution in [3.05, 3.63) is 66.7 Å². The molecule has 4 rings (SSSR count). The lowest BCUT2D eigenvalue weighted by atomic mass is 9.93. The van der Waals surface area contributed by atoms with Gasteiger partial charge in [0.05, 0.1) is 19.0 Å². The molecule has 8 heteroatoms. The first-order chi connectivity index (χ1) is 16.1. The number of carbonyl (C=O) groups excluding carboxylic acids is 1. The van der Waals surface area contributed by atoms with Gasteiger partial charge in [0.15, 0.2) is 0 Å². The van der Waals surface area contributed by atoms with Gasteiger partial charge in [-0.1, -0.05) is 6.07 Å². The SMILES string of the molecule is COc1ccc(N(C)CCC(=O)N2CCC(c3cncc(Nc4ccccn4)n3)CC2)cc1. The zero-order chi connectivity index (χ0) is 23.0. The topological polar surface area (TPSA) is 83.5 Å². The van der Waals surface area contributed by atoms with E-state index < -0.39 is 0 Å². The Balaban J connectivity index is 1.26. The summed E-state index contributed by atoms with van der Waals surface area (Å²) in [5.74, 6) is 2.75. The number of methoxy groups -OCH3 is 1. The molecule has 0 unspecified atom stereocenters. The molecule has 0 bridgehead atoms. The van der Waals surface area contributed by atoms with Gasteiger partial charge in [0.25, 0.3) is 0 Å². The number of amides is 1. The van der Waals surface area contributed by atoms with Gasteiger partial charge in [0, 0.05) is 57.1 Å². The summed E-state index contributed by atoms with van der Waals surface area (Å²) in [5, 5.41) is 3.20. The van der Waals surface area contributed by atoms with Crippen molar-refractivity contribution in [2.75, 3.05) is 44.0 Å². The molecule has 0 aliphatic carbocycles. The molecular weight excluding hydrogens is 416 g/mol. The highest BCUT2D eigenvalue weighted by molar-refractivity contribution is 5.77. The van der Waals surface area contributed by atoms with Crippen molar-refractivity contribution in [1.82, 2.24) is 19.9 Å². The lowest BCUT2D eigenvalue weighted by molar-refractivity contribution is -0.132. The Hall–Kier alpha value is -3.68. The van der Waals surface area contributed by atoms with Gasteiger partial charge >= 0.3 is 0 Å². The van der Waals surface area contributed by atoms with Crippen LogP contribution < -0.4 is 15.0 Å². The summed E-state index contributed by atoms with van der Waals surface area (Å²) in [5.41, 5.74) is 2.03. The molecule has 3 heterocycles. The van der Waals surface area contributed by atoms with E-state index in [0.717, 1.165) is 48.9 Å². The third-order valence-electron chi connectivity index (χ3n) is 6.01. The normalized spacial score (nSPS) is 14.1. The van der Waals surface area contributed by atoms with Crippen LogP contribution in [-0.4, -0.2) is 59.6 Å². The van der Waals surface area contributed by atoms with Crippen molar-refractivity contribution in [3.63, 3.8) is 0 Å². The molecule has 0 atom stereocenters. The maximum Gasteiger partial charge on any atom is 0.224 e. The minimum atomic E-state index is 0.200. The van der Waals surface area contributed by atoms with Crippen LogP contribution in [0.25, 0.3) is 0 Å². The molecule has 1 saturated heterocycles. The summed E-state index contributed by atoms with van der Waals surface area (Å²) >= 11 is 0. The molecule has 1 aliphatic rings. The van der Waals surface area contributed by atoms with Crippen molar-refractivity contribution in [2.45, 2.75) is 25.2 Å². The van der Waals surface area contributed by atoms with Crippen LogP contribution in [0.5, 0.6) is 5.75 Å². The third kappa shape index (κ3) is 5.97. The van der Waals surface area contributed by atoms with E-state index in [0.29, 0.717) is 24.7 Å². The summed E-state index contributed by atoms with van der Waals surface area (Å²) in [6, 6.07) is 13.6. The van der Waals surface area contributed by atoms with Crippen LogP contribution in [0.15, 0.2) is 61.1 Å². The molecule has 3 aromatic rings. The number of piperidine rings is 1. The van der Waals surface area contributed by atoms with Gasteiger partial charge in [-0.15, -0.1) is 0 Å². The predicted molar refractivity (Wildman–Crippen MR) is 129 cm³/mol. The maximum absolute atomic E-state index is 12.8. The minimum Gasteiger partial charge on any atom is -0.497 e. The van der Waals surface area contributed by atoms with E-state index in [1.165, 1.54) is 0 Å². The molecule has 0 saturated carbocycles. The average molecular weight is 447 g/mol. The lowest BCUT2D eigenvalue weighted by Gasteiger charge is -2.32. The molecule has 1 aliphatic heterocycles. The maximum atomic E-state index is 12.8. The predicted octanol–water partition coefficient (Wildman–Crippen LogP) is 3.86. The van der Waals surface area contributed by atoms with Gasteiger partial charge in [-0.25, -0.2) is 9.97 Å². The van der Waals surface area contributed by atoms with E-state index in [-0.39, 0.29) is 5.91 Å². The number of nitrogens with zero attached hydrogens (tertiary/aromatic N) is 5.